The number of carbonyl (C=O) groups excluding carboxylic acids is 1. The summed E-state index contributed by atoms with van der Waals surface area (Å²) >= 11 is 5.72. The molecular weight excluding hydrogens is 279 g/mol. The Balaban J connectivity index is 2.47. The van der Waals surface area contributed by atoms with E-state index in [2.05, 4.69) is 10.6 Å². The van der Waals surface area contributed by atoms with Crippen molar-refractivity contribution < 1.29 is 9.18 Å². The lowest BCUT2D eigenvalue weighted by molar-refractivity contribution is -0.123. The van der Waals surface area contributed by atoms with E-state index in [1.807, 2.05) is 20.8 Å². The predicted octanol–water partition coefficient (Wildman–Crippen LogP) is 3.26. The molecule has 0 aliphatic heterocycles. The summed E-state index contributed by atoms with van der Waals surface area (Å²) in [6.07, 6.45) is 1.84. The Morgan fingerprint density at radius 2 is 2.00 bits per heavy atom. The first-order valence-electron chi connectivity index (χ1n) is 6.95. The van der Waals surface area contributed by atoms with Crippen molar-refractivity contribution >= 4 is 17.5 Å². The zero-order valence-electron chi connectivity index (χ0n) is 12.2. The molecule has 1 aromatic carbocycles. The number of hydrogen-bond acceptors (Lipinski definition) is 2. The predicted molar refractivity (Wildman–Crippen MR) is 80.2 cm³/mol. The monoisotopic (exact) mass is 300 g/mol. The molecule has 3 nitrogen and oxygen atoms in total. The van der Waals surface area contributed by atoms with Crippen molar-refractivity contribution in [3.05, 3.63) is 34.6 Å². The van der Waals surface area contributed by atoms with Crippen LogP contribution in [0.15, 0.2) is 18.2 Å². The Morgan fingerprint density at radius 1 is 1.35 bits per heavy atom. The highest BCUT2D eigenvalue weighted by Gasteiger charge is 2.15. The molecule has 1 amide bonds. The first-order chi connectivity index (χ1) is 9.47. The third-order valence-electron chi connectivity index (χ3n) is 3.32. The van der Waals surface area contributed by atoms with Gasteiger partial charge >= 0.3 is 0 Å². The zero-order valence-corrected chi connectivity index (χ0v) is 12.9. The molecule has 112 valence electrons. The molecular formula is C15H22ClFN2O. The van der Waals surface area contributed by atoms with Crippen molar-refractivity contribution in [3.8, 4) is 0 Å². The fourth-order valence-corrected chi connectivity index (χ4v) is 2.04. The molecule has 1 aromatic rings. The van der Waals surface area contributed by atoms with E-state index in [9.17, 15) is 9.18 Å². The van der Waals surface area contributed by atoms with Gasteiger partial charge in [0.1, 0.15) is 5.82 Å². The second-order valence-electron chi connectivity index (χ2n) is 4.87. The first-order valence-corrected chi connectivity index (χ1v) is 7.33. The van der Waals surface area contributed by atoms with Crippen molar-refractivity contribution in [1.29, 1.82) is 0 Å². The molecule has 1 unspecified atom stereocenters. The van der Waals surface area contributed by atoms with Crippen molar-refractivity contribution in [1.82, 2.24) is 10.6 Å². The van der Waals surface area contributed by atoms with Crippen LogP contribution in [0.3, 0.4) is 0 Å². The Labute approximate surface area is 124 Å². The number of rotatable bonds is 7. The summed E-state index contributed by atoms with van der Waals surface area (Å²) in [5, 5.41) is 6.19. The second kappa shape index (κ2) is 8.22. The maximum Gasteiger partial charge on any atom is 0.237 e. The summed E-state index contributed by atoms with van der Waals surface area (Å²) in [4.78, 5) is 12.0. The molecule has 0 radical (unpaired) electrons. The zero-order chi connectivity index (χ0) is 15.1. The van der Waals surface area contributed by atoms with E-state index < -0.39 is 5.82 Å². The van der Waals surface area contributed by atoms with Crippen LogP contribution in [0, 0.1) is 5.82 Å². The molecule has 0 saturated carbocycles. The van der Waals surface area contributed by atoms with Crippen LogP contribution in [0.2, 0.25) is 5.02 Å². The number of amides is 1. The molecule has 0 heterocycles. The third kappa shape index (κ3) is 5.10. The van der Waals surface area contributed by atoms with Crippen LogP contribution in [0.25, 0.3) is 0 Å². The molecule has 0 spiro atoms. The number of benzene rings is 1. The maximum absolute atomic E-state index is 13.0. The van der Waals surface area contributed by atoms with Crippen LogP contribution >= 0.6 is 11.6 Å². The molecule has 2 N–H and O–H groups in total. The standard InChI is InChI=1S/C15H22ClFN2O/c1-4-12(5-2)19-15(20)10(3)18-9-11-6-7-14(17)13(16)8-11/h6-8,10,12,18H,4-5,9H2,1-3H3,(H,19,20). The molecule has 5 heteroatoms. The van der Waals surface area contributed by atoms with Crippen LogP contribution in [-0.2, 0) is 11.3 Å². The van der Waals surface area contributed by atoms with Gasteiger partial charge in [-0.25, -0.2) is 4.39 Å². The molecule has 0 bridgehead atoms. The van der Waals surface area contributed by atoms with Gasteiger partial charge in [0.2, 0.25) is 5.91 Å². The molecule has 1 rings (SSSR count). The van der Waals surface area contributed by atoms with E-state index in [-0.39, 0.29) is 23.0 Å². The van der Waals surface area contributed by atoms with Crippen LogP contribution in [0.5, 0.6) is 0 Å². The van der Waals surface area contributed by atoms with E-state index in [0.717, 1.165) is 18.4 Å². The van der Waals surface area contributed by atoms with Crippen molar-refractivity contribution in [3.63, 3.8) is 0 Å². The minimum Gasteiger partial charge on any atom is -0.352 e. The van der Waals surface area contributed by atoms with E-state index in [1.165, 1.54) is 6.07 Å². The smallest absolute Gasteiger partial charge is 0.237 e. The summed E-state index contributed by atoms with van der Waals surface area (Å²) in [5.41, 5.74) is 0.846. The van der Waals surface area contributed by atoms with Gasteiger partial charge < -0.3 is 10.6 Å². The SMILES string of the molecule is CCC(CC)NC(=O)C(C)NCc1ccc(F)c(Cl)c1. The van der Waals surface area contributed by atoms with Gasteiger partial charge in [-0.3, -0.25) is 4.79 Å². The average Bonchev–Trinajstić information content (AvgIpc) is 2.45. The van der Waals surface area contributed by atoms with Gasteiger partial charge in [-0.05, 0) is 37.5 Å². The largest absolute Gasteiger partial charge is 0.352 e. The van der Waals surface area contributed by atoms with Crippen molar-refractivity contribution in [2.75, 3.05) is 0 Å². The Kier molecular flexibility index (Phi) is 6.96. The van der Waals surface area contributed by atoms with Gasteiger partial charge in [-0.2, -0.15) is 0 Å². The lowest BCUT2D eigenvalue weighted by atomic mass is 10.1. The quantitative estimate of drug-likeness (QED) is 0.811. The van der Waals surface area contributed by atoms with Gasteiger partial charge in [0.05, 0.1) is 11.1 Å². The molecule has 20 heavy (non-hydrogen) atoms. The van der Waals surface area contributed by atoms with Crippen LogP contribution in [0.4, 0.5) is 4.39 Å². The van der Waals surface area contributed by atoms with Crippen LogP contribution < -0.4 is 10.6 Å². The lowest BCUT2D eigenvalue weighted by Gasteiger charge is -2.19. The lowest BCUT2D eigenvalue weighted by Crippen LogP contribution is -2.45. The van der Waals surface area contributed by atoms with Crippen molar-refractivity contribution in [2.24, 2.45) is 0 Å². The molecule has 1 atom stereocenters. The van der Waals surface area contributed by atoms with E-state index in [4.69, 9.17) is 11.6 Å². The molecule has 0 aliphatic carbocycles. The Morgan fingerprint density at radius 3 is 2.55 bits per heavy atom. The molecule has 0 aliphatic rings. The molecule has 0 fully saturated rings. The van der Waals surface area contributed by atoms with Gasteiger partial charge in [-0.15, -0.1) is 0 Å². The maximum atomic E-state index is 13.0. The summed E-state index contributed by atoms with van der Waals surface area (Å²) in [6, 6.07) is 4.45. The summed E-state index contributed by atoms with van der Waals surface area (Å²) in [6.45, 7) is 6.38. The van der Waals surface area contributed by atoms with E-state index in [0.29, 0.717) is 6.54 Å². The normalized spacial score (nSPS) is 12.5. The van der Waals surface area contributed by atoms with Gasteiger partial charge in [0, 0.05) is 12.6 Å². The fourth-order valence-electron chi connectivity index (χ4n) is 1.83. The van der Waals surface area contributed by atoms with Gasteiger partial charge in [0.15, 0.2) is 0 Å². The second-order valence-corrected chi connectivity index (χ2v) is 5.28. The highest BCUT2D eigenvalue weighted by molar-refractivity contribution is 6.30. The average molecular weight is 301 g/mol. The fraction of sp³-hybridized carbons (Fsp3) is 0.533. The molecule has 0 aromatic heterocycles. The third-order valence-corrected chi connectivity index (χ3v) is 3.61. The summed E-state index contributed by atoms with van der Waals surface area (Å²) in [5.74, 6) is -0.457. The van der Waals surface area contributed by atoms with Crippen LogP contribution in [-0.4, -0.2) is 18.0 Å². The highest BCUT2D eigenvalue weighted by Crippen LogP contribution is 2.15. The Bertz CT molecular complexity index is 449. The molecule has 0 saturated heterocycles. The number of hydrogen-bond donors (Lipinski definition) is 2. The summed E-state index contributed by atoms with van der Waals surface area (Å²) < 4.78 is 13.0. The van der Waals surface area contributed by atoms with Crippen molar-refractivity contribution in [2.45, 2.75) is 52.2 Å². The van der Waals surface area contributed by atoms with Crippen LogP contribution in [0.1, 0.15) is 39.2 Å². The highest BCUT2D eigenvalue weighted by atomic mass is 35.5. The minimum atomic E-state index is -0.435. The number of carbonyl (C=O) groups is 1. The van der Waals surface area contributed by atoms with Gasteiger partial charge in [-0.1, -0.05) is 31.5 Å². The van der Waals surface area contributed by atoms with E-state index in [1.54, 1.807) is 12.1 Å². The topological polar surface area (TPSA) is 41.1 Å². The minimum absolute atomic E-state index is 0.0214. The van der Waals surface area contributed by atoms with E-state index >= 15 is 0 Å². The van der Waals surface area contributed by atoms with Gasteiger partial charge in [0.25, 0.3) is 0 Å². The summed E-state index contributed by atoms with van der Waals surface area (Å²) in [7, 11) is 0. The number of halogens is 2. The first kappa shape index (κ1) is 16.9. The Hall–Kier alpha value is -1.13. The number of nitrogens with one attached hydrogen (secondary N) is 2.